The zero-order chi connectivity index (χ0) is 16.7. The Kier molecular flexibility index (Phi) is 8.99. The number of hydrogen-bond donors (Lipinski definition) is 2. The molecule has 6 nitrogen and oxygen atoms in total. The largest absolute Gasteiger partial charge is 0.357 e. The maximum Gasteiger partial charge on any atom is 0.211 e. The van der Waals surface area contributed by atoms with Crippen molar-refractivity contribution >= 4 is 40.0 Å². The Labute approximate surface area is 162 Å². The van der Waals surface area contributed by atoms with Crippen LogP contribution in [-0.4, -0.2) is 51.2 Å². The summed E-state index contributed by atoms with van der Waals surface area (Å²) in [6.45, 7) is 6.97. The molecule has 0 amide bonds. The second kappa shape index (κ2) is 10.2. The summed E-state index contributed by atoms with van der Waals surface area (Å²) < 4.78 is 25.4. The number of halogens is 1. The van der Waals surface area contributed by atoms with Gasteiger partial charge >= 0.3 is 0 Å². The third-order valence-electron chi connectivity index (χ3n) is 3.84. The van der Waals surface area contributed by atoms with Gasteiger partial charge in [0.1, 0.15) is 0 Å². The second-order valence-electron chi connectivity index (χ2n) is 5.47. The van der Waals surface area contributed by atoms with Crippen LogP contribution >= 0.6 is 24.0 Å². The monoisotopic (exact) mass is 466 g/mol. The van der Waals surface area contributed by atoms with Crippen molar-refractivity contribution < 1.29 is 8.42 Å². The van der Waals surface area contributed by atoms with Crippen LogP contribution in [0.5, 0.6) is 0 Å². The van der Waals surface area contributed by atoms with Crippen molar-refractivity contribution in [3.8, 4) is 0 Å². The molecule has 0 unspecified atom stereocenters. The van der Waals surface area contributed by atoms with Gasteiger partial charge in [0.05, 0.1) is 12.3 Å². The van der Waals surface area contributed by atoms with E-state index in [1.807, 2.05) is 6.92 Å². The maximum absolute atomic E-state index is 11.4. The van der Waals surface area contributed by atoms with Gasteiger partial charge in [-0.1, -0.05) is 24.3 Å². The summed E-state index contributed by atoms with van der Waals surface area (Å²) in [4.78, 5) is 6.77. The van der Waals surface area contributed by atoms with Crippen molar-refractivity contribution in [3.63, 3.8) is 0 Å². The Hall–Kier alpha value is -0.870. The Morgan fingerprint density at radius 3 is 2.62 bits per heavy atom. The van der Waals surface area contributed by atoms with E-state index in [9.17, 15) is 8.42 Å². The normalized spacial score (nSPS) is 14.8. The molecule has 2 N–H and O–H groups in total. The number of nitrogens with one attached hydrogen (secondary N) is 2. The van der Waals surface area contributed by atoms with Crippen LogP contribution in [0.25, 0.3) is 0 Å². The topological polar surface area (TPSA) is 73.8 Å². The zero-order valence-corrected chi connectivity index (χ0v) is 17.4. The fourth-order valence-electron chi connectivity index (χ4n) is 2.57. The minimum Gasteiger partial charge on any atom is -0.357 e. The number of fused-ring (bicyclic) bond motifs is 1. The first kappa shape index (κ1) is 21.2. The highest BCUT2D eigenvalue weighted by atomic mass is 127. The molecule has 0 saturated carbocycles. The van der Waals surface area contributed by atoms with Gasteiger partial charge < -0.3 is 10.2 Å². The number of aliphatic imine (C=N–C) groups is 1. The molecule has 1 aromatic rings. The predicted molar refractivity (Wildman–Crippen MR) is 109 cm³/mol. The van der Waals surface area contributed by atoms with Crippen molar-refractivity contribution in [1.82, 2.24) is 14.9 Å². The van der Waals surface area contributed by atoms with Gasteiger partial charge in [-0.3, -0.25) is 4.99 Å². The van der Waals surface area contributed by atoms with E-state index in [0.717, 1.165) is 32.0 Å². The molecule has 0 aromatic heterocycles. The van der Waals surface area contributed by atoms with Gasteiger partial charge in [-0.2, -0.15) is 0 Å². The molecule has 2 rings (SSSR count). The van der Waals surface area contributed by atoms with E-state index >= 15 is 0 Å². The van der Waals surface area contributed by atoms with E-state index < -0.39 is 10.0 Å². The lowest BCUT2D eigenvalue weighted by atomic mass is 10.0. The van der Waals surface area contributed by atoms with Crippen molar-refractivity contribution in [2.75, 3.05) is 31.9 Å². The molecule has 24 heavy (non-hydrogen) atoms. The first-order valence-corrected chi connectivity index (χ1v) is 9.78. The molecule has 0 spiro atoms. The fraction of sp³-hybridized carbons (Fsp3) is 0.562. The summed E-state index contributed by atoms with van der Waals surface area (Å²) in [5.74, 6) is 0.942. The lowest BCUT2D eigenvalue weighted by Crippen LogP contribution is -2.44. The van der Waals surface area contributed by atoms with Crippen LogP contribution in [-0.2, 0) is 23.0 Å². The van der Waals surface area contributed by atoms with Gasteiger partial charge in [0.15, 0.2) is 5.96 Å². The van der Waals surface area contributed by atoms with Crippen LogP contribution in [0.15, 0.2) is 29.3 Å². The van der Waals surface area contributed by atoms with Crippen molar-refractivity contribution in [2.24, 2.45) is 4.99 Å². The minimum atomic E-state index is -3.15. The number of rotatable bonds is 6. The average molecular weight is 466 g/mol. The van der Waals surface area contributed by atoms with E-state index in [0.29, 0.717) is 13.1 Å². The Morgan fingerprint density at radius 1 is 1.25 bits per heavy atom. The number of sulfonamides is 1. The SMILES string of the molecule is CCNC(=NCCNS(=O)(=O)CC)N1CCc2ccccc2C1.I. The molecular formula is C16H27IN4O2S. The highest BCUT2D eigenvalue weighted by Crippen LogP contribution is 2.18. The number of benzene rings is 1. The van der Waals surface area contributed by atoms with Crippen LogP contribution in [0.3, 0.4) is 0 Å². The minimum absolute atomic E-state index is 0. The molecule has 8 heteroatoms. The Morgan fingerprint density at radius 2 is 1.96 bits per heavy atom. The third kappa shape index (κ3) is 6.21. The smallest absolute Gasteiger partial charge is 0.211 e. The van der Waals surface area contributed by atoms with Crippen LogP contribution in [0, 0.1) is 0 Å². The van der Waals surface area contributed by atoms with Crippen LogP contribution in [0.1, 0.15) is 25.0 Å². The highest BCUT2D eigenvalue weighted by Gasteiger charge is 2.18. The summed E-state index contributed by atoms with van der Waals surface area (Å²) in [7, 11) is -3.15. The molecule has 0 bridgehead atoms. The summed E-state index contributed by atoms with van der Waals surface area (Å²) in [5.41, 5.74) is 2.73. The van der Waals surface area contributed by atoms with Crippen LogP contribution in [0.4, 0.5) is 0 Å². The molecule has 1 heterocycles. The number of guanidine groups is 1. The molecule has 1 aliphatic rings. The van der Waals surface area contributed by atoms with E-state index in [2.05, 4.69) is 44.2 Å². The van der Waals surface area contributed by atoms with Crippen LogP contribution < -0.4 is 10.0 Å². The van der Waals surface area contributed by atoms with Gasteiger partial charge in [-0.15, -0.1) is 24.0 Å². The average Bonchev–Trinajstić information content (AvgIpc) is 2.57. The Bertz CT molecular complexity index is 649. The molecule has 0 fully saturated rings. The molecule has 0 saturated heterocycles. The van der Waals surface area contributed by atoms with E-state index in [4.69, 9.17) is 0 Å². The summed E-state index contributed by atoms with van der Waals surface area (Å²) >= 11 is 0. The Balaban J connectivity index is 0.00000288. The van der Waals surface area contributed by atoms with Crippen molar-refractivity contribution in [2.45, 2.75) is 26.8 Å². The highest BCUT2D eigenvalue weighted by molar-refractivity contribution is 14.0. The molecule has 1 aromatic carbocycles. The summed E-state index contributed by atoms with van der Waals surface area (Å²) in [5, 5.41) is 3.29. The standard InChI is InChI=1S/C16H26N4O2S.HI/c1-3-17-16(18-10-11-19-23(21,22)4-2)20-12-9-14-7-5-6-8-15(14)13-20;/h5-8,19H,3-4,9-13H2,1-2H3,(H,17,18);1H. The van der Waals surface area contributed by atoms with E-state index in [1.165, 1.54) is 11.1 Å². The zero-order valence-electron chi connectivity index (χ0n) is 14.3. The lowest BCUT2D eigenvalue weighted by molar-refractivity contribution is 0.379. The molecular weight excluding hydrogens is 439 g/mol. The third-order valence-corrected chi connectivity index (χ3v) is 5.24. The predicted octanol–water partition coefficient (Wildman–Crippen LogP) is 1.57. The van der Waals surface area contributed by atoms with E-state index in [-0.39, 0.29) is 29.7 Å². The number of nitrogens with zero attached hydrogens (tertiary/aromatic N) is 2. The molecule has 1 aliphatic heterocycles. The van der Waals surface area contributed by atoms with Gasteiger partial charge in [0, 0.05) is 26.2 Å². The molecule has 0 atom stereocenters. The summed E-state index contributed by atoms with van der Waals surface area (Å²) in [6.07, 6.45) is 1.00. The first-order chi connectivity index (χ1) is 11.1. The first-order valence-electron chi connectivity index (χ1n) is 8.13. The molecule has 136 valence electrons. The molecule has 0 aliphatic carbocycles. The van der Waals surface area contributed by atoms with Gasteiger partial charge in [-0.05, 0) is 31.4 Å². The van der Waals surface area contributed by atoms with Gasteiger partial charge in [-0.25, -0.2) is 13.1 Å². The lowest BCUT2D eigenvalue weighted by Gasteiger charge is -2.31. The second-order valence-corrected chi connectivity index (χ2v) is 7.57. The quantitative estimate of drug-likeness (QED) is 0.289. The van der Waals surface area contributed by atoms with Gasteiger partial charge in [0.2, 0.25) is 10.0 Å². The van der Waals surface area contributed by atoms with Crippen LogP contribution in [0.2, 0.25) is 0 Å². The molecule has 0 radical (unpaired) electrons. The van der Waals surface area contributed by atoms with Crippen molar-refractivity contribution in [3.05, 3.63) is 35.4 Å². The maximum atomic E-state index is 11.4. The van der Waals surface area contributed by atoms with E-state index in [1.54, 1.807) is 6.92 Å². The summed E-state index contributed by atoms with van der Waals surface area (Å²) in [6, 6.07) is 8.47. The number of hydrogen-bond acceptors (Lipinski definition) is 3. The van der Waals surface area contributed by atoms with Crippen molar-refractivity contribution in [1.29, 1.82) is 0 Å². The fourth-order valence-corrected chi connectivity index (χ4v) is 3.17. The van der Waals surface area contributed by atoms with Gasteiger partial charge in [0.25, 0.3) is 0 Å².